The number of ether oxygens (including phenoxy) is 2. The third-order valence-corrected chi connectivity index (χ3v) is 5.03. The number of esters is 1. The quantitative estimate of drug-likeness (QED) is 0.297. The number of anilines is 1. The molecule has 0 fully saturated rings. The molecular weight excluding hydrogens is 434 g/mol. The molecular formula is C26H23N3O5. The minimum atomic E-state index is -0.390. The monoisotopic (exact) mass is 457 g/mol. The second-order valence-corrected chi connectivity index (χ2v) is 7.51. The second-order valence-electron chi connectivity index (χ2n) is 7.51. The van der Waals surface area contributed by atoms with Crippen LogP contribution in [-0.2, 0) is 4.79 Å². The van der Waals surface area contributed by atoms with Crippen molar-refractivity contribution in [3.05, 3.63) is 77.9 Å². The molecule has 4 rings (SSSR count). The van der Waals surface area contributed by atoms with Crippen LogP contribution in [0.1, 0.15) is 29.3 Å². The molecule has 0 spiro atoms. The van der Waals surface area contributed by atoms with E-state index < -0.39 is 0 Å². The first kappa shape index (κ1) is 22.7. The van der Waals surface area contributed by atoms with Crippen molar-refractivity contribution < 1.29 is 23.5 Å². The Hall–Kier alpha value is -4.46. The summed E-state index contributed by atoms with van der Waals surface area (Å²) in [6.45, 7) is 3.71. The van der Waals surface area contributed by atoms with Gasteiger partial charge in [0.2, 0.25) is 11.8 Å². The second kappa shape index (κ2) is 9.99. The first-order valence-corrected chi connectivity index (χ1v) is 10.7. The highest BCUT2D eigenvalue weighted by Crippen LogP contribution is 2.30. The highest BCUT2D eigenvalue weighted by atomic mass is 16.6. The van der Waals surface area contributed by atoms with Gasteiger partial charge in [-0.25, -0.2) is 0 Å². The summed E-state index contributed by atoms with van der Waals surface area (Å²) in [6, 6.07) is 19.5. The largest absolute Gasteiger partial charge is 0.493 e. The summed E-state index contributed by atoms with van der Waals surface area (Å²) < 4.78 is 16.3. The molecule has 0 aliphatic heterocycles. The Kier molecular flexibility index (Phi) is 6.68. The van der Waals surface area contributed by atoms with Crippen LogP contribution in [0.25, 0.3) is 22.9 Å². The normalized spacial score (nSPS) is 10.6. The van der Waals surface area contributed by atoms with E-state index in [-0.39, 0.29) is 29.8 Å². The molecule has 0 radical (unpaired) electrons. The first-order chi connectivity index (χ1) is 16.5. The minimum absolute atomic E-state index is 0.230. The summed E-state index contributed by atoms with van der Waals surface area (Å²) >= 11 is 0. The number of aromatic nitrogens is 2. The van der Waals surface area contributed by atoms with Crippen LogP contribution >= 0.6 is 0 Å². The highest BCUT2D eigenvalue weighted by molar-refractivity contribution is 6.05. The number of aryl methyl sites for hydroxylation is 1. The van der Waals surface area contributed by atoms with Crippen LogP contribution in [0.15, 0.2) is 71.1 Å². The van der Waals surface area contributed by atoms with Crippen LogP contribution in [0.5, 0.6) is 11.5 Å². The van der Waals surface area contributed by atoms with E-state index in [0.29, 0.717) is 28.6 Å². The molecule has 0 unspecified atom stereocenters. The van der Waals surface area contributed by atoms with Crippen LogP contribution in [-0.4, -0.2) is 29.2 Å². The van der Waals surface area contributed by atoms with E-state index in [1.165, 1.54) is 19.2 Å². The molecule has 0 aliphatic rings. The van der Waals surface area contributed by atoms with Gasteiger partial charge >= 0.3 is 5.97 Å². The summed E-state index contributed by atoms with van der Waals surface area (Å²) in [6.07, 6.45) is 0.230. The highest BCUT2D eigenvalue weighted by Gasteiger charge is 2.15. The molecule has 0 atom stereocenters. The Labute approximate surface area is 196 Å². The lowest BCUT2D eigenvalue weighted by Gasteiger charge is -2.11. The number of nitrogens with one attached hydrogen (secondary N) is 1. The summed E-state index contributed by atoms with van der Waals surface area (Å²) in [4.78, 5) is 24.4. The molecule has 4 aromatic rings. The molecule has 0 saturated heterocycles. The fourth-order valence-corrected chi connectivity index (χ4v) is 3.17. The number of nitrogens with zero attached hydrogens (tertiary/aromatic N) is 2. The van der Waals surface area contributed by atoms with E-state index >= 15 is 0 Å². The lowest BCUT2D eigenvalue weighted by molar-refractivity contribution is -0.134. The molecule has 3 aromatic carbocycles. The molecule has 1 heterocycles. The number of hydrogen-bond acceptors (Lipinski definition) is 7. The van der Waals surface area contributed by atoms with Gasteiger partial charge in [0.25, 0.3) is 5.91 Å². The summed E-state index contributed by atoms with van der Waals surface area (Å²) in [5, 5.41) is 11.1. The summed E-state index contributed by atoms with van der Waals surface area (Å²) in [7, 11) is 1.44. The van der Waals surface area contributed by atoms with Crippen molar-refractivity contribution in [3.63, 3.8) is 0 Å². The van der Waals surface area contributed by atoms with Gasteiger partial charge in [-0.05, 0) is 55.5 Å². The fraction of sp³-hybridized carbons (Fsp3) is 0.154. The number of carbonyl (C=O) groups is 2. The van der Waals surface area contributed by atoms with Crippen LogP contribution in [0.2, 0.25) is 0 Å². The van der Waals surface area contributed by atoms with Crippen molar-refractivity contribution >= 4 is 17.6 Å². The van der Waals surface area contributed by atoms with Crippen LogP contribution in [0.4, 0.5) is 5.69 Å². The van der Waals surface area contributed by atoms with Gasteiger partial charge in [-0.15, -0.1) is 10.2 Å². The first-order valence-electron chi connectivity index (χ1n) is 10.7. The van der Waals surface area contributed by atoms with Gasteiger partial charge in [-0.1, -0.05) is 30.7 Å². The Morgan fingerprint density at radius 3 is 2.35 bits per heavy atom. The van der Waals surface area contributed by atoms with Crippen LogP contribution < -0.4 is 14.8 Å². The molecule has 0 saturated carbocycles. The number of hydrogen-bond donors (Lipinski definition) is 1. The average Bonchev–Trinajstić information content (AvgIpc) is 3.35. The van der Waals surface area contributed by atoms with Crippen molar-refractivity contribution in [1.82, 2.24) is 10.2 Å². The third-order valence-electron chi connectivity index (χ3n) is 5.03. The Balaban J connectivity index is 1.51. The van der Waals surface area contributed by atoms with Crippen molar-refractivity contribution in [1.29, 1.82) is 0 Å². The molecule has 34 heavy (non-hydrogen) atoms. The van der Waals surface area contributed by atoms with Crippen molar-refractivity contribution in [3.8, 4) is 34.4 Å². The Morgan fingerprint density at radius 1 is 0.912 bits per heavy atom. The van der Waals surface area contributed by atoms with Gasteiger partial charge in [0.05, 0.1) is 7.11 Å². The number of rotatable bonds is 7. The van der Waals surface area contributed by atoms with E-state index in [0.717, 1.165) is 11.1 Å². The maximum atomic E-state index is 12.8. The molecule has 0 aliphatic carbocycles. The molecule has 1 N–H and O–H groups in total. The lowest BCUT2D eigenvalue weighted by atomic mass is 10.1. The molecule has 8 heteroatoms. The zero-order valence-corrected chi connectivity index (χ0v) is 19.0. The predicted octanol–water partition coefficient (Wildman–Crippen LogP) is 5.29. The van der Waals surface area contributed by atoms with Crippen LogP contribution in [0.3, 0.4) is 0 Å². The number of benzene rings is 3. The van der Waals surface area contributed by atoms with Crippen molar-refractivity contribution in [2.45, 2.75) is 20.3 Å². The fourth-order valence-electron chi connectivity index (χ4n) is 3.17. The Bertz CT molecular complexity index is 1330. The van der Waals surface area contributed by atoms with E-state index in [2.05, 4.69) is 15.5 Å². The maximum Gasteiger partial charge on any atom is 0.311 e. The molecule has 8 nitrogen and oxygen atoms in total. The predicted molar refractivity (Wildman–Crippen MR) is 127 cm³/mol. The molecule has 1 amide bonds. The third kappa shape index (κ3) is 5.12. The minimum Gasteiger partial charge on any atom is -0.493 e. The number of carbonyl (C=O) groups excluding carboxylic acids is 2. The zero-order valence-electron chi connectivity index (χ0n) is 19.0. The van der Waals surface area contributed by atoms with Gasteiger partial charge in [0.1, 0.15) is 0 Å². The van der Waals surface area contributed by atoms with Gasteiger partial charge in [-0.3, -0.25) is 9.59 Å². The van der Waals surface area contributed by atoms with Crippen molar-refractivity contribution in [2.24, 2.45) is 0 Å². The lowest BCUT2D eigenvalue weighted by Crippen LogP contribution is -2.13. The molecule has 1 aromatic heterocycles. The smallest absolute Gasteiger partial charge is 0.311 e. The maximum absolute atomic E-state index is 12.8. The topological polar surface area (TPSA) is 104 Å². The molecule has 172 valence electrons. The van der Waals surface area contributed by atoms with E-state index in [1.54, 1.807) is 31.2 Å². The van der Waals surface area contributed by atoms with Crippen LogP contribution in [0, 0.1) is 6.92 Å². The number of methoxy groups -OCH3 is 1. The van der Waals surface area contributed by atoms with Gasteiger partial charge < -0.3 is 19.2 Å². The SMILES string of the molecule is CCC(=O)Oc1ccc(C(=O)Nc2cccc(-c3nnc(-c4ccc(C)cc4)o3)c2)cc1OC. The average molecular weight is 457 g/mol. The van der Waals surface area contributed by atoms with Gasteiger partial charge in [-0.2, -0.15) is 0 Å². The van der Waals surface area contributed by atoms with Gasteiger partial charge in [0.15, 0.2) is 11.5 Å². The molecule has 0 bridgehead atoms. The van der Waals surface area contributed by atoms with Gasteiger partial charge in [0, 0.05) is 28.8 Å². The van der Waals surface area contributed by atoms with E-state index in [9.17, 15) is 9.59 Å². The summed E-state index contributed by atoms with van der Waals surface area (Å²) in [5.41, 5.74) is 3.54. The number of amides is 1. The van der Waals surface area contributed by atoms with E-state index in [4.69, 9.17) is 13.9 Å². The Morgan fingerprint density at radius 2 is 1.65 bits per heavy atom. The summed E-state index contributed by atoms with van der Waals surface area (Å²) in [5.74, 6) is 0.566. The zero-order chi connectivity index (χ0) is 24.1. The van der Waals surface area contributed by atoms with Crippen molar-refractivity contribution in [2.75, 3.05) is 12.4 Å². The standard InChI is InChI=1S/C26H23N3O5/c1-4-23(30)33-21-13-12-18(15-22(21)32-3)24(31)27-20-7-5-6-19(14-20)26-29-28-25(34-26)17-10-8-16(2)9-11-17/h5-15H,4H2,1-3H3,(H,27,31). The van der Waals surface area contributed by atoms with E-state index in [1.807, 2.05) is 37.3 Å².